The Labute approximate surface area is 103 Å². The van der Waals surface area contributed by atoms with Crippen LogP contribution in [-0.4, -0.2) is 28.0 Å². The summed E-state index contributed by atoms with van der Waals surface area (Å²) in [6, 6.07) is 5.13. The third-order valence-electron chi connectivity index (χ3n) is 2.72. The highest BCUT2D eigenvalue weighted by atomic mass is 19.4. The summed E-state index contributed by atoms with van der Waals surface area (Å²) in [7, 11) is 0. The minimum Gasteiger partial charge on any atom is -0.334 e. The summed E-state index contributed by atoms with van der Waals surface area (Å²) in [6.45, 7) is 0.153. The van der Waals surface area contributed by atoms with Crippen LogP contribution >= 0.6 is 0 Å². The molecule has 1 saturated carbocycles. The molecule has 1 aromatic rings. The van der Waals surface area contributed by atoms with Gasteiger partial charge in [0.15, 0.2) is 0 Å². The lowest BCUT2D eigenvalue weighted by atomic mass is 10.3. The number of pyridine rings is 1. The van der Waals surface area contributed by atoms with Crippen LogP contribution in [0.15, 0.2) is 24.4 Å². The highest BCUT2D eigenvalue weighted by Gasteiger charge is 2.38. The number of carbonyl (C=O) groups is 1. The summed E-state index contributed by atoms with van der Waals surface area (Å²) in [4.78, 5) is 16.9. The molecule has 6 heteroatoms. The first-order chi connectivity index (χ1) is 8.46. The van der Waals surface area contributed by atoms with E-state index in [-0.39, 0.29) is 12.6 Å². The normalized spacial score (nSPS) is 15.5. The van der Waals surface area contributed by atoms with Crippen molar-refractivity contribution in [2.45, 2.75) is 38.0 Å². The predicted octanol–water partition coefficient (Wildman–Crippen LogP) is 2.53. The second-order valence-corrected chi connectivity index (χ2v) is 4.37. The molecular formula is C12H13F3N2O. The molecule has 0 N–H and O–H groups in total. The number of alkyl halides is 3. The van der Waals surface area contributed by atoms with Crippen LogP contribution in [0, 0.1) is 0 Å². The van der Waals surface area contributed by atoms with Crippen molar-refractivity contribution in [2.75, 3.05) is 0 Å². The van der Waals surface area contributed by atoms with Crippen LogP contribution in [0.5, 0.6) is 0 Å². The number of nitrogens with zero attached hydrogens (tertiary/aromatic N) is 2. The van der Waals surface area contributed by atoms with Crippen LogP contribution in [0.4, 0.5) is 13.2 Å². The molecule has 3 nitrogen and oxygen atoms in total. The van der Waals surface area contributed by atoms with Gasteiger partial charge in [0.25, 0.3) is 0 Å². The second kappa shape index (κ2) is 4.96. The standard InChI is InChI=1S/C12H13F3N2O/c13-12(14,15)7-11(18)17(10-4-5-10)8-9-3-1-2-6-16-9/h1-3,6,10H,4-5,7-8H2. The largest absolute Gasteiger partial charge is 0.397 e. The smallest absolute Gasteiger partial charge is 0.334 e. The second-order valence-electron chi connectivity index (χ2n) is 4.37. The Hall–Kier alpha value is -1.59. The number of aromatic nitrogens is 1. The van der Waals surface area contributed by atoms with Gasteiger partial charge in [0.05, 0.1) is 12.2 Å². The molecule has 18 heavy (non-hydrogen) atoms. The van der Waals surface area contributed by atoms with E-state index in [4.69, 9.17) is 0 Å². The summed E-state index contributed by atoms with van der Waals surface area (Å²) in [5, 5.41) is 0. The van der Waals surface area contributed by atoms with Crippen LogP contribution in [0.1, 0.15) is 25.0 Å². The van der Waals surface area contributed by atoms with Gasteiger partial charge in [0, 0.05) is 12.2 Å². The lowest BCUT2D eigenvalue weighted by Crippen LogP contribution is -2.35. The van der Waals surface area contributed by atoms with Crippen molar-refractivity contribution in [3.8, 4) is 0 Å². The molecule has 1 amide bonds. The molecular weight excluding hydrogens is 245 g/mol. The summed E-state index contributed by atoms with van der Waals surface area (Å²) in [5.41, 5.74) is 0.611. The molecule has 0 unspecified atom stereocenters. The molecule has 98 valence electrons. The zero-order chi connectivity index (χ0) is 13.2. The van der Waals surface area contributed by atoms with Crippen LogP contribution in [0.2, 0.25) is 0 Å². The fourth-order valence-corrected chi connectivity index (χ4v) is 1.75. The van der Waals surface area contributed by atoms with Gasteiger partial charge in [-0.2, -0.15) is 13.2 Å². The van der Waals surface area contributed by atoms with E-state index >= 15 is 0 Å². The first-order valence-electron chi connectivity index (χ1n) is 5.72. The number of amides is 1. The van der Waals surface area contributed by atoms with Crippen molar-refractivity contribution >= 4 is 5.91 Å². The maximum Gasteiger partial charge on any atom is 0.397 e. The van der Waals surface area contributed by atoms with E-state index in [0.717, 1.165) is 12.8 Å². The average Bonchev–Trinajstić information content (AvgIpc) is 3.08. The number of rotatable bonds is 4. The van der Waals surface area contributed by atoms with E-state index in [1.165, 1.54) is 4.90 Å². The van der Waals surface area contributed by atoms with Crippen LogP contribution in [0.25, 0.3) is 0 Å². The summed E-state index contributed by atoms with van der Waals surface area (Å²) >= 11 is 0. The summed E-state index contributed by atoms with van der Waals surface area (Å²) in [5.74, 6) is -0.865. The Morgan fingerprint density at radius 3 is 2.61 bits per heavy atom. The molecule has 2 rings (SSSR count). The summed E-state index contributed by atoms with van der Waals surface area (Å²) in [6.07, 6.45) is -2.73. The zero-order valence-electron chi connectivity index (χ0n) is 9.65. The third kappa shape index (κ3) is 3.72. The minimum atomic E-state index is -4.45. The minimum absolute atomic E-state index is 0.0538. The quantitative estimate of drug-likeness (QED) is 0.831. The predicted molar refractivity (Wildman–Crippen MR) is 58.5 cm³/mol. The Morgan fingerprint density at radius 1 is 1.39 bits per heavy atom. The van der Waals surface area contributed by atoms with Crippen molar-refractivity contribution in [2.24, 2.45) is 0 Å². The third-order valence-corrected chi connectivity index (χ3v) is 2.72. The Balaban J connectivity index is 2.02. The molecule has 0 atom stereocenters. The molecule has 0 bridgehead atoms. The van der Waals surface area contributed by atoms with Gasteiger partial charge in [-0.25, -0.2) is 0 Å². The fourth-order valence-electron chi connectivity index (χ4n) is 1.75. The molecule has 0 aromatic carbocycles. The van der Waals surface area contributed by atoms with E-state index in [9.17, 15) is 18.0 Å². The highest BCUT2D eigenvalue weighted by Crippen LogP contribution is 2.31. The lowest BCUT2D eigenvalue weighted by molar-refractivity contribution is -0.162. The highest BCUT2D eigenvalue weighted by molar-refractivity contribution is 5.77. The van der Waals surface area contributed by atoms with E-state index in [2.05, 4.69) is 4.98 Å². The number of carbonyl (C=O) groups excluding carboxylic acids is 1. The molecule has 1 aromatic heterocycles. The first-order valence-corrected chi connectivity index (χ1v) is 5.72. The molecule has 0 radical (unpaired) electrons. The number of hydrogen-bond donors (Lipinski definition) is 0. The van der Waals surface area contributed by atoms with Gasteiger partial charge < -0.3 is 4.90 Å². The molecule has 1 fully saturated rings. The SMILES string of the molecule is O=C(CC(F)(F)F)N(Cc1ccccn1)C1CC1. The molecule has 0 spiro atoms. The number of hydrogen-bond acceptors (Lipinski definition) is 2. The van der Waals surface area contributed by atoms with Crippen molar-refractivity contribution < 1.29 is 18.0 Å². The van der Waals surface area contributed by atoms with Gasteiger partial charge in [-0.3, -0.25) is 9.78 Å². The van der Waals surface area contributed by atoms with Gasteiger partial charge in [-0.15, -0.1) is 0 Å². The van der Waals surface area contributed by atoms with Crippen molar-refractivity contribution in [3.63, 3.8) is 0 Å². The molecule has 1 aliphatic carbocycles. The van der Waals surface area contributed by atoms with Gasteiger partial charge >= 0.3 is 6.18 Å². The van der Waals surface area contributed by atoms with Gasteiger partial charge in [-0.05, 0) is 25.0 Å². The fraction of sp³-hybridized carbons (Fsp3) is 0.500. The Bertz CT molecular complexity index is 415. The van der Waals surface area contributed by atoms with E-state index in [1.54, 1.807) is 24.4 Å². The number of halogens is 3. The lowest BCUT2D eigenvalue weighted by Gasteiger charge is -2.22. The van der Waals surface area contributed by atoms with Gasteiger partial charge in [-0.1, -0.05) is 6.07 Å². The summed E-state index contributed by atoms with van der Waals surface area (Å²) < 4.78 is 36.7. The maximum absolute atomic E-state index is 12.2. The van der Waals surface area contributed by atoms with E-state index in [1.807, 2.05) is 0 Å². The van der Waals surface area contributed by atoms with Crippen molar-refractivity contribution in [1.82, 2.24) is 9.88 Å². The van der Waals surface area contributed by atoms with Crippen LogP contribution in [0.3, 0.4) is 0 Å². The van der Waals surface area contributed by atoms with Crippen molar-refractivity contribution in [3.05, 3.63) is 30.1 Å². The van der Waals surface area contributed by atoms with Crippen LogP contribution < -0.4 is 0 Å². The van der Waals surface area contributed by atoms with E-state index in [0.29, 0.717) is 5.69 Å². The molecule has 0 saturated heterocycles. The van der Waals surface area contributed by atoms with E-state index < -0.39 is 18.5 Å². The molecule has 1 heterocycles. The Morgan fingerprint density at radius 2 is 2.11 bits per heavy atom. The average molecular weight is 258 g/mol. The van der Waals surface area contributed by atoms with Gasteiger partial charge in [0.1, 0.15) is 6.42 Å². The van der Waals surface area contributed by atoms with Crippen LogP contribution in [-0.2, 0) is 11.3 Å². The molecule has 0 aliphatic heterocycles. The topological polar surface area (TPSA) is 33.2 Å². The first kappa shape index (κ1) is 12.9. The van der Waals surface area contributed by atoms with Gasteiger partial charge in [0.2, 0.25) is 5.91 Å². The monoisotopic (exact) mass is 258 g/mol. The molecule has 1 aliphatic rings. The maximum atomic E-state index is 12.2. The Kier molecular flexibility index (Phi) is 3.54. The zero-order valence-corrected chi connectivity index (χ0v) is 9.65. The van der Waals surface area contributed by atoms with Crippen molar-refractivity contribution in [1.29, 1.82) is 0 Å².